The second-order valence-corrected chi connectivity index (χ2v) is 4.86. The van der Waals surface area contributed by atoms with E-state index in [-0.39, 0.29) is 5.92 Å². The molecule has 0 radical (unpaired) electrons. The van der Waals surface area contributed by atoms with E-state index in [1.165, 1.54) is 0 Å². The van der Waals surface area contributed by atoms with Crippen LogP contribution in [0.5, 0.6) is 5.75 Å². The molecule has 0 aliphatic rings. The molecule has 0 N–H and O–H groups in total. The number of carbonyl (C=O) groups excluding carboxylic acids is 1. The summed E-state index contributed by atoms with van der Waals surface area (Å²) in [7, 11) is 1.66. The Kier molecular flexibility index (Phi) is 7.91. The van der Waals surface area contributed by atoms with Crippen molar-refractivity contribution in [3.8, 4) is 5.75 Å². The zero-order valence-corrected chi connectivity index (χ0v) is 11.9. The van der Waals surface area contributed by atoms with Crippen LogP contribution in [0.3, 0.4) is 0 Å². The molecule has 1 atom stereocenters. The number of benzene rings is 1. The summed E-state index contributed by atoms with van der Waals surface area (Å²) in [5.41, 5.74) is 1.16. The van der Waals surface area contributed by atoms with Crippen LogP contribution in [0, 0.1) is 5.92 Å². The predicted octanol–water partition coefficient (Wildman–Crippen LogP) is 3.61. The minimum absolute atomic E-state index is 0.195. The highest BCUT2D eigenvalue weighted by molar-refractivity contribution is 5.52. The van der Waals surface area contributed by atoms with Gasteiger partial charge in [0, 0.05) is 12.5 Å². The van der Waals surface area contributed by atoms with E-state index in [0.717, 1.165) is 49.9 Å². The van der Waals surface area contributed by atoms with Crippen molar-refractivity contribution in [2.45, 2.75) is 39.2 Å². The van der Waals surface area contributed by atoms with Gasteiger partial charge in [-0.05, 0) is 30.5 Å². The van der Waals surface area contributed by atoms with E-state index in [1.54, 1.807) is 7.11 Å². The smallest absolute Gasteiger partial charge is 0.122 e. The summed E-state index contributed by atoms with van der Waals surface area (Å²) in [6, 6.07) is 7.92. The van der Waals surface area contributed by atoms with Gasteiger partial charge in [-0.3, -0.25) is 0 Å². The summed E-state index contributed by atoms with van der Waals surface area (Å²) >= 11 is 0. The molecule has 0 bridgehead atoms. The van der Waals surface area contributed by atoms with Gasteiger partial charge in [0.2, 0.25) is 0 Å². The number of methoxy groups -OCH3 is 1. The Morgan fingerprint density at radius 2 is 1.89 bits per heavy atom. The Morgan fingerprint density at radius 3 is 2.53 bits per heavy atom. The third-order valence-electron chi connectivity index (χ3n) is 3.11. The van der Waals surface area contributed by atoms with Crippen LogP contribution in [-0.4, -0.2) is 20.0 Å². The van der Waals surface area contributed by atoms with E-state index in [4.69, 9.17) is 9.47 Å². The molecular formula is C16H24O3. The maximum atomic E-state index is 10.4. The Balaban J connectivity index is 2.02. The van der Waals surface area contributed by atoms with Crippen molar-refractivity contribution in [1.29, 1.82) is 0 Å². The highest BCUT2D eigenvalue weighted by atomic mass is 16.5. The summed E-state index contributed by atoms with van der Waals surface area (Å²) in [5, 5.41) is 0. The lowest BCUT2D eigenvalue weighted by molar-refractivity contribution is -0.110. The molecule has 0 saturated carbocycles. The van der Waals surface area contributed by atoms with Gasteiger partial charge in [-0.1, -0.05) is 31.9 Å². The second-order valence-electron chi connectivity index (χ2n) is 4.86. The minimum atomic E-state index is 0.195. The number of ether oxygens (including phenoxy) is 2. The van der Waals surface area contributed by atoms with Crippen LogP contribution < -0.4 is 4.74 Å². The third kappa shape index (κ3) is 6.97. The van der Waals surface area contributed by atoms with Crippen molar-refractivity contribution in [2.75, 3.05) is 13.7 Å². The van der Waals surface area contributed by atoms with E-state index in [1.807, 2.05) is 31.2 Å². The van der Waals surface area contributed by atoms with Gasteiger partial charge >= 0.3 is 0 Å². The van der Waals surface area contributed by atoms with Crippen LogP contribution in [0.4, 0.5) is 0 Å². The Morgan fingerprint density at radius 1 is 1.16 bits per heavy atom. The molecule has 1 aromatic carbocycles. The summed E-state index contributed by atoms with van der Waals surface area (Å²) < 4.78 is 10.7. The predicted molar refractivity (Wildman–Crippen MR) is 76.3 cm³/mol. The highest BCUT2D eigenvalue weighted by Gasteiger charge is 1.99. The van der Waals surface area contributed by atoms with E-state index in [2.05, 4.69) is 0 Å². The summed E-state index contributed by atoms with van der Waals surface area (Å²) in [6.45, 7) is 3.39. The molecule has 0 fully saturated rings. The quantitative estimate of drug-likeness (QED) is 0.478. The van der Waals surface area contributed by atoms with Gasteiger partial charge in [-0.15, -0.1) is 0 Å². The molecule has 1 aromatic rings. The van der Waals surface area contributed by atoms with Crippen LogP contribution in [0.2, 0.25) is 0 Å². The van der Waals surface area contributed by atoms with Crippen molar-refractivity contribution in [3.05, 3.63) is 29.8 Å². The van der Waals surface area contributed by atoms with E-state index in [0.29, 0.717) is 6.61 Å². The number of carbonyl (C=O) groups is 1. The summed E-state index contributed by atoms with van der Waals surface area (Å²) in [6.07, 6.45) is 5.30. The zero-order valence-electron chi connectivity index (χ0n) is 11.9. The normalized spacial score (nSPS) is 12.1. The molecular weight excluding hydrogens is 240 g/mol. The molecule has 0 aromatic heterocycles. The van der Waals surface area contributed by atoms with Crippen LogP contribution in [0.25, 0.3) is 0 Å². The lowest BCUT2D eigenvalue weighted by Gasteiger charge is -2.06. The first-order chi connectivity index (χ1) is 9.26. The molecule has 1 rings (SSSR count). The van der Waals surface area contributed by atoms with Crippen molar-refractivity contribution in [1.82, 2.24) is 0 Å². The topological polar surface area (TPSA) is 35.5 Å². The zero-order chi connectivity index (χ0) is 13.9. The highest BCUT2D eigenvalue weighted by Crippen LogP contribution is 2.12. The molecule has 3 heteroatoms. The van der Waals surface area contributed by atoms with Gasteiger partial charge in [-0.2, -0.15) is 0 Å². The van der Waals surface area contributed by atoms with Crippen molar-refractivity contribution >= 4 is 6.29 Å². The van der Waals surface area contributed by atoms with E-state index >= 15 is 0 Å². The van der Waals surface area contributed by atoms with Gasteiger partial charge in [0.05, 0.1) is 13.7 Å². The molecule has 3 nitrogen and oxygen atoms in total. The van der Waals surface area contributed by atoms with Crippen LogP contribution in [0.1, 0.15) is 38.2 Å². The number of hydrogen-bond donors (Lipinski definition) is 0. The lowest BCUT2D eigenvalue weighted by Crippen LogP contribution is -1.98. The first-order valence-electron chi connectivity index (χ1n) is 6.92. The average Bonchev–Trinajstić information content (AvgIpc) is 2.46. The van der Waals surface area contributed by atoms with Crippen molar-refractivity contribution in [2.24, 2.45) is 5.92 Å². The van der Waals surface area contributed by atoms with Crippen LogP contribution in [-0.2, 0) is 16.1 Å². The standard InChI is InChI=1S/C16H24O3/c1-14(12-17)6-4-3-5-11-19-13-15-7-9-16(18-2)10-8-15/h7-10,12,14H,3-6,11,13H2,1-2H3/t14-/m1/s1. The molecule has 0 heterocycles. The van der Waals surface area contributed by atoms with Crippen LogP contribution >= 0.6 is 0 Å². The number of rotatable bonds is 10. The molecule has 19 heavy (non-hydrogen) atoms. The summed E-state index contributed by atoms with van der Waals surface area (Å²) in [5.74, 6) is 1.06. The molecule has 106 valence electrons. The maximum absolute atomic E-state index is 10.4. The molecule has 0 spiro atoms. The first kappa shape index (κ1) is 15.7. The van der Waals surface area contributed by atoms with Crippen LogP contribution in [0.15, 0.2) is 24.3 Å². The second kappa shape index (κ2) is 9.56. The third-order valence-corrected chi connectivity index (χ3v) is 3.11. The number of aldehydes is 1. The van der Waals surface area contributed by atoms with Gasteiger partial charge in [0.1, 0.15) is 12.0 Å². The summed E-state index contributed by atoms with van der Waals surface area (Å²) in [4.78, 5) is 10.4. The Hall–Kier alpha value is -1.35. The SMILES string of the molecule is COc1ccc(COCCCCC[C@@H](C)C=O)cc1. The molecule has 0 aliphatic carbocycles. The van der Waals surface area contributed by atoms with Gasteiger partial charge in [0.15, 0.2) is 0 Å². The Bertz CT molecular complexity index is 346. The average molecular weight is 264 g/mol. The molecule has 0 amide bonds. The fraction of sp³-hybridized carbons (Fsp3) is 0.562. The number of unbranched alkanes of at least 4 members (excludes halogenated alkanes) is 2. The molecule has 0 unspecified atom stereocenters. The van der Waals surface area contributed by atoms with Gasteiger partial charge in [-0.25, -0.2) is 0 Å². The molecule has 0 aliphatic heterocycles. The fourth-order valence-corrected chi connectivity index (χ4v) is 1.83. The lowest BCUT2D eigenvalue weighted by atomic mass is 10.1. The fourth-order valence-electron chi connectivity index (χ4n) is 1.83. The van der Waals surface area contributed by atoms with E-state index < -0.39 is 0 Å². The largest absolute Gasteiger partial charge is 0.497 e. The maximum Gasteiger partial charge on any atom is 0.122 e. The first-order valence-corrected chi connectivity index (χ1v) is 6.92. The monoisotopic (exact) mass is 264 g/mol. The van der Waals surface area contributed by atoms with Crippen molar-refractivity contribution in [3.63, 3.8) is 0 Å². The number of hydrogen-bond acceptors (Lipinski definition) is 3. The minimum Gasteiger partial charge on any atom is -0.497 e. The van der Waals surface area contributed by atoms with Gasteiger partial charge in [0.25, 0.3) is 0 Å². The Labute approximate surface area is 115 Å². The van der Waals surface area contributed by atoms with Crippen molar-refractivity contribution < 1.29 is 14.3 Å². The van der Waals surface area contributed by atoms with E-state index in [9.17, 15) is 4.79 Å². The molecule has 0 saturated heterocycles. The van der Waals surface area contributed by atoms with Gasteiger partial charge < -0.3 is 14.3 Å².